The summed E-state index contributed by atoms with van der Waals surface area (Å²) in [6, 6.07) is 10.5. The van der Waals surface area contributed by atoms with Gasteiger partial charge >= 0.3 is 6.03 Å². The fraction of sp³-hybridized carbons (Fsp3) is 0. The fourth-order valence-electron chi connectivity index (χ4n) is 1.61. The van der Waals surface area contributed by atoms with Crippen LogP contribution in [0, 0.1) is 0 Å². The molecule has 7 nitrogen and oxygen atoms in total. The van der Waals surface area contributed by atoms with Crippen LogP contribution in [0.25, 0.3) is 0 Å². The minimum Gasteiger partial charge on any atom is -0.508 e. The smallest absolute Gasteiger partial charge is 0.323 e. The Balaban J connectivity index is 2.10. The topological polar surface area (TPSA) is 116 Å². The van der Waals surface area contributed by atoms with Gasteiger partial charge in [-0.3, -0.25) is 4.55 Å². The molecule has 0 saturated heterocycles. The summed E-state index contributed by atoms with van der Waals surface area (Å²) in [7, 11) is -4.33. The summed E-state index contributed by atoms with van der Waals surface area (Å²) in [5.41, 5.74) is 0.571. The highest BCUT2D eigenvalue weighted by Crippen LogP contribution is 2.17. The molecule has 0 saturated carbocycles. The third-order valence-electron chi connectivity index (χ3n) is 2.49. The van der Waals surface area contributed by atoms with E-state index in [0.717, 1.165) is 6.07 Å². The minimum atomic E-state index is -4.33. The fourth-order valence-corrected chi connectivity index (χ4v) is 2.14. The van der Waals surface area contributed by atoms with Crippen molar-refractivity contribution < 1.29 is 22.9 Å². The van der Waals surface area contributed by atoms with E-state index in [1.54, 1.807) is 12.1 Å². The monoisotopic (exact) mass is 308 g/mol. The Bertz CT molecular complexity index is 774. The van der Waals surface area contributed by atoms with Crippen molar-refractivity contribution in [2.75, 3.05) is 10.6 Å². The largest absolute Gasteiger partial charge is 0.508 e. The maximum Gasteiger partial charge on any atom is 0.323 e. The predicted molar refractivity (Wildman–Crippen MR) is 77.0 cm³/mol. The maximum atomic E-state index is 11.7. The van der Waals surface area contributed by atoms with Gasteiger partial charge in [0, 0.05) is 17.4 Å². The molecular weight excluding hydrogens is 296 g/mol. The first kappa shape index (κ1) is 14.8. The number of rotatable bonds is 3. The molecule has 0 radical (unpaired) electrons. The van der Waals surface area contributed by atoms with Crippen molar-refractivity contribution in [2.24, 2.45) is 0 Å². The zero-order valence-corrected chi connectivity index (χ0v) is 11.5. The van der Waals surface area contributed by atoms with Gasteiger partial charge in [-0.05, 0) is 30.3 Å². The standard InChI is InChI=1S/C13H12N2O5S/c16-11-5-1-3-9(7-11)14-13(17)15-10-4-2-6-12(8-10)21(18,19)20/h1-8,16H,(H2,14,15,17)(H,18,19,20). The van der Waals surface area contributed by atoms with Crippen molar-refractivity contribution >= 4 is 27.5 Å². The van der Waals surface area contributed by atoms with E-state index in [1.165, 1.54) is 30.3 Å². The summed E-state index contributed by atoms with van der Waals surface area (Å²) < 4.78 is 30.9. The lowest BCUT2D eigenvalue weighted by Gasteiger charge is -2.08. The molecule has 2 aromatic carbocycles. The maximum absolute atomic E-state index is 11.7. The Kier molecular flexibility index (Phi) is 4.10. The van der Waals surface area contributed by atoms with Crippen LogP contribution in [0.15, 0.2) is 53.4 Å². The molecule has 2 rings (SSSR count). The molecule has 0 spiro atoms. The Morgan fingerprint density at radius 2 is 1.52 bits per heavy atom. The lowest BCUT2D eigenvalue weighted by Crippen LogP contribution is -2.19. The molecule has 0 heterocycles. The van der Waals surface area contributed by atoms with Crippen LogP contribution >= 0.6 is 0 Å². The molecule has 0 atom stereocenters. The Hall–Kier alpha value is -2.58. The molecule has 2 aromatic rings. The van der Waals surface area contributed by atoms with E-state index in [2.05, 4.69) is 10.6 Å². The second kappa shape index (κ2) is 5.81. The first-order valence-electron chi connectivity index (χ1n) is 5.79. The minimum absolute atomic E-state index is 0.00108. The van der Waals surface area contributed by atoms with Crippen LogP contribution in [0.1, 0.15) is 0 Å². The highest BCUT2D eigenvalue weighted by atomic mass is 32.2. The molecule has 4 N–H and O–H groups in total. The van der Waals surface area contributed by atoms with Crippen LogP contribution in [0.2, 0.25) is 0 Å². The van der Waals surface area contributed by atoms with Gasteiger partial charge in [0.2, 0.25) is 0 Å². The van der Waals surface area contributed by atoms with Gasteiger partial charge in [0.1, 0.15) is 5.75 Å². The van der Waals surface area contributed by atoms with Crippen LogP contribution < -0.4 is 10.6 Å². The van der Waals surface area contributed by atoms with Gasteiger partial charge in [-0.25, -0.2) is 4.79 Å². The quantitative estimate of drug-likeness (QED) is 0.649. The zero-order chi connectivity index (χ0) is 15.5. The lowest BCUT2D eigenvalue weighted by atomic mass is 10.3. The Labute approximate surface area is 121 Å². The summed E-state index contributed by atoms with van der Waals surface area (Å²) in [6.07, 6.45) is 0. The first-order chi connectivity index (χ1) is 9.84. The molecule has 0 aromatic heterocycles. The molecule has 2 amide bonds. The summed E-state index contributed by atoms with van der Waals surface area (Å²) in [5, 5.41) is 14.2. The molecular formula is C13H12N2O5S. The number of carbonyl (C=O) groups is 1. The Morgan fingerprint density at radius 1 is 0.952 bits per heavy atom. The van der Waals surface area contributed by atoms with Crippen molar-refractivity contribution in [3.8, 4) is 5.75 Å². The SMILES string of the molecule is O=C(Nc1cccc(O)c1)Nc1cccc(S(=O)(=O)O)c1. The van der Waals surface area contributed by atoms with E-state index in [4.69, 9.17) is 4.55 Å². The number of benzene rings is 2. The van der Waals surface area contributed by atoms with Gasteiger partial charge in [-0.15, -0.1) is 0 Å². The van der Waals surface area contributed by atoms with Crippen molar-refractivity contribution in [3.63, 3.8) is 0 Å². The van der Waals surface area contributed by atoms with Gasteiger partial charge in [0.25, 0.3) is 10.1 Å². The van der Waals surface area contributed by atoms with Gasteiger partial charge < -0.3 is 15.7 Å². The average Bonchev–Trinajstić information content (AvgIpc) is 2.37. The van der Waals surface area contributed by atoms with Gasteiger partial charge in [-0.1, -0.05) is 12.1 Å². The zero-order valence-electron chi connectivity index (χ0n) is 10.6. The number of carbonyl (C=O) groups excluding carboxylic acids is 1. The second-order valence-electron chi connectivity index (χ2n) is 4.13. The van der Waals surface area contributed by atoms with Crippen LogP contribution in [0.4, 0.5) is 16.2 Å². The number of hydrogen-bond acceptors (Lipinski definition) is 4. The number of phenolic OH excluding ortho intramolecular Hbond substituents is 1. The molecule has 0 aliphatic heterocycles. The van der Waals surface area contributed by atoms with E-state index in [0.29, 0.717) is 5.69 Å². The average molecular weight is 308 g/mol. The molecule has 0 fully saturated rings. The number of anilines is 2. The second-order valence-corrected chi connectivity index (χ2v) is 5.55. The molecule has 110 valence electrons. The van der Waals surface area contributed by atoms with Crippen molar-refractivity contribution in [3.05, 3.63) is 48.5 Å². The summed E-state index contributed by atoms with van der Waals surface area (Å²) in [6.45, 7) is 0. The van der Waals surface area contributed by atoms with Gasteiger partial charge in [0.05, 0.1) is 4.90 Å². The summed E-state index contributed by atoms with van der Waals surface area (Å²) in [5.74, 6) is 0.00108. The molecule has 0 unspecified atom stereocenters. The molecule has 0 aliphatic carbocycles. The van der Waals surface area contributed by atoms with Crippen LogP contribution in [0.3, 0.4) is 0 Å². The van der Waals surface area contributed by atoms with E-state index < -0.39 is 16.1 Å². The highest BCUT2D eigenvalue weighted by molar-refractivity contribution is 7.85. The molecule has 0 aliphatic rings. The van der Waals surface area contributed by atoms with Crippen molar-refractivity contribution in [1.29, 1.82) is 0 Å². The number of phenols is 1. The van der Waals surface area contributed by atoms with Crippen LogP contribution in [-0.2, 0) is 10.1 Å². The number of nitrogens with one attached hydrogen (secondary N) is 2. The predicted octanol–water partition coefficient (Wildman–Crippen LogP) is 2.28. The van der Waals surface area contributed by atoms with Crippen LogP contribution in [-0.4, -0.2) is 24.1 Å². The number of aromatic hydroxyl groups is 1. The molecule has 8 heteroatoms. The normalized spacial score (nSPS) is 10.9. The van der Waals surface area contributed by atoms with E-state index >= 15 is 0 Å². The van der Waals surface area contributed by atoms with E-state index in [-0.39, 0.29) is 16.3 Å². The molecule has 0 bridgehead atoms. The molecule has 21 heavy (non-hydrogen) atoms. The van der Waals surface area contributed by atoms with Gasteiger partial charge in [-0.2, -0.15) is 8.42 Å². The third-order valence-corrected chi connectivity index (χ3v) is 3.34. The summed E-state index contributed by atoms with van der Waals surface area (Å²) >= 11 is 0. The van der Waals surface area contributed by atoms with Gasteiger partial charge in [0.15, 0.2) is 0 Å². The van der Waals surface area contributed by atoms with Crippen LogP contribution in [0.5, 0.6) is 5.75 Å². The van der Waals surface area contributed by atoms with E-state index in [9.17, 15) is 18.3 Å². The van der Waals surface area contributed by atoms with Crippen molar-refractivity contribution in [1.82, 2.24) is 0 Å². The number of amides is 2. The number of hydrogen-bond donors (Lipinski definition) is 4. The lowest BCUT2D eigenvalue weighted by molar-refractivity contribution is 0.262. The van der Waals surface area contributed by atoms with E-state index in [1.807, 2.05) is 0 Å². The summed E-state index contributed by atoms with van der Waals surface area (Å²) in [4.78, 5) is 11.4. The first-order valence-corrected chi connectivity index (χ1v) is 7.23. The Morgan fingerprint density at radius 3 is 2.10 bits per heavy atom. The third kappa shape index (κ3) is 4.20. The highest BCUT2D eigenvalue weighted by Gasteiger charge is 2.10. The van der Waals surface area contributed by atoms with Crippen molar-refractivity contribution in [2.45, 2.75) is 4.90 Å². The number of urea groups is 1.